The molecule has 84 valence electrons. The number of aromatic nitrogens is 2. The maximum absolute atomic E-state index is 11.7. The topological polar surface area (TPSA) is 45.8 Å². The second kappa shape index (κ2) is 3.59. The number of benzene rings is 1. The molecule has 16 heavy (non-hydrogen) atoms. The van der Waals surface area contributed by atoms with Crippen molar-refractivity contribution in [3.05, 3.63) is 39.4 Å². The summed E-state index contributed by atoms with van der Waals surface area (Å²) in [5, 5.41) is 0.706. The van der Waals surface area contributed by atoms with Gasteiger partial charge in [0.05, 0.1) is 10.9 Å². The zero-order valence-electron chi connectivity index (χ0n) is 9.47. The van der Waals surface area contributed by atoms with E-state index in [4.69, 9.17) is 11.6 Å². The lowest BCUT2D eigenvalue weighted by atomic mass is 9.86. The molecule has 0 atom stereocenters. The first-order chi connectivity index (χ1) is 7.38. The van der Waals surface area contributed by atoms with Crippen LogP contribution in [0.3, 0.4) is 0 Å². The number of nitrogens with zero attached hydrogens (tertiary/aromatic N) is 1. The maximum Gasteiger partial charge on any atom is 0.259 e. The van der Waals surface area contributed by atoms with Crippen molar-refractivity contribution in [3.63, 3.8) is 0 Å². The number of rotatable bonds is 0. The molecule has 0 spiro atoms. The van der Waals surface area contributed by atoms with E-state index in [0.29, 0.717) is 10.9 Å². The minimum atomic E-state index is -0.193. The molecule has 0 unspecified atom stereocenters. The number of hydrogen-bond acceptors (Lipinski definition) is 2. The van der Waals surface area contributed by atoms with E-state index in [2.05, 4.69) is 30.7 Å². The average molecular weight is 237 g/mol. The van der Waals surface area contributed by atoms with Crippen molar-refractivity contribution >= 4 is 22.5 Å². The Kier molecular flexibility index (Phi) is 2.50. The largest absolute Gasteiger partial charge is 0.297 e. The molecular formula is C12H13ClN2O. The van der Waals surface area contributed by atoms with Crippen LogP contribution in [0.4, 0.5) is 0 Å². The molecule has 0 amide bonds. The summed E-state index contributed by atoms with van der Waals surface area (Å²) < 4.78 is 0. The number of aromatic amines is 1. The molecule has 3 nitrogen and oxygen atoms in total. The van der Waals surface area contributed by atoms with Gasteiger partial charge in [-0.3, -0.25) is 9.78 Å². The summed E-state index contributed by atoms with van der Waals surface area (Å²) in [6.07, 6.45) is 0. The highest BCUT2D eigenvalue weighted by Crippen LogP contribution is 2.24. The molecule has 2 aromatic rings. The van der Waals surface area contributed by atoms with Crippen molar-refractivity contribution in [1.29, 1.82) is 0 Å². The lowest BCUT2D eigenvalue weighted by Gasteiger charge is -2.18. The lowest BCUT2D eigenvalue weighted by molar-refractivity contribution is 0.591. The minimum Gasteiger partial charge on any atom is -0.297 e. The smallest absolute Gasteiger partial charge is 0.259 e. The molecule has 2 rings (SSSR count). The molecule has 0 saturated carbocycles. The van der Waals surface area contributed by atoms with Gasteiger partial charge < -0.3 is 0 Å². The molecule has 0 bridgehead atoms. The normalized spacial score (nSPS) is 12.0. The van der Waals surface area contributed by atoms with Gasteiger partial charge in [-0.05, 0) is 34.7 Å². The average Bonchev–Trinajstić information content (AvgIpc) is 2.15. The van der Waals surface area contributed by atoms with Crippen LogP contribution in [0.25, 0.3) is 10.9 Å². The quantitative estimate of drug-likeness (QED) is 0.715. The van der Waals surface area contributed by atoms with Crippen LogP contribution in [0.15, 0.2) is 23.0 Å². The van der Waals surface area contributed by atoms with Crippen LogP contribution >= 0.6 is 11.6 Å². The van der Waals surface area contributed by atoms with Crippen molar-refractivity contribution in [2.75, 3.05) is 0 Å². The Hall–Kier alpha value is -1.35. The lowest BCUT2D eigenvalue weighted by Crippen LogP contribution is -2.13. The third-order valence-corrected chi connectivity index (χ3v) is 2.72. The maximum atomic E-state index is 11.7. The van der Waals surface area contributed by atoms with Crippen molar-refractivity contribution in [3.8, 4) is 0 Å². The Morgan fingerprint density at radius 1 is 1.31 bits per heavy atom. The van der Waals surface area contributed by atoms with Gasteiger partial charge in [0.1, 0.15) is 0 Å². The number of fused-ring (bicyclic) bond motifs is 1. The molecule has 0 radical (unpaired) electrons. The van der Waals surface area contributed by atoms with Gasteiger partial charge in [0.15, 0.2) is 0 Å². The summed E-state index contributed by atoms with van der Waals surface area (Å²) in [5.74, 6) is 0. The molecular weight excluding hydrogens is 224 g/mol. The predicted octanol–water partition coefficient (Wildman–Crippen LogP) is 2.87. The minimum absolute atomic E-state index is 0.0142. The molecule has 0 aliphatic heterocycles. The van der Waals surface area contributed by atoms with Crippen molar-refractivity contribution < 1.29 is 0 Å². The number of nitrogens with one attached hydrogen (secondary N) is 1. The van der Waals surface area contributed by atoms with Crippen LogP contribution in [0.5, 0.6) is 0 Å². The Labute approximate surface area is 98.5 Å². The van der Waals surface area contributed by atoms with Crippen LogP contribution in [0.2, 0.25) is 5.28 Å². The summed E-state index contributed by atoms with van der Waals surface area (Å²) in [5.41, 5.74) is 1.55. The summed E-state index contributed by atoms with van der Waals surface area (Å²) in [4.78, 5) is 18.3. The molecule has 1 aromatic heterocycles. The summed E-state index contributed by atoms with van der Waals surface area (Å²) in [6.45, 7) is 6.31. The highest BCUT2D eigenvalue weighted by Gasteiger charge is 2.14. The Balaban J connectivity index is 2.77. The van der Waals surface area contributed by atoms with Gasteiger partial charge in [-0.25, -0.2) is 4.98 Å². The first-order valence-corrected chi connectivity index (χ1v) is 5.46. The molecule has 4 heteroatoms. The zero-order valence-corrected chi connectivity index (χ0v) is 10.2. The molecule has 0 aliphatic carbocycles. The SMILES string of the molecule is CC(C)(C)c1ccc2nc(Cl)[nH]c(=O)c2c1. The molecule has 1 aromatic carbocycles. The first-order valence-electron chi connectivity index (χ1n) is 5.08. The number of halogens is 1. The summed E-state index contributed by atoms with van der Waals surface area (Å²) >= 11 is 5.69. The molecule has 1 heterocycles. The summed E-state index contributed by atoms with van der Waals surface area (Å²) in [6, 6.07) is 5.68. The fourth-order valence-electron chi connectivity index (χ4n) is 1.58. The molecule has 0 aliphatic rings. The predicted molar refractivity (Wildman–Crippen MR) is 66.1 cm³/mol. The second-order valence-corrected chi connectivity index (χ2v) is 5.20. The van der Waals surface area contributed by atoms with Crippen LogP contribution in [0, 0.1) is 0 Å². The van der Waals surface area contributed by atoms with E-state index in [1.165, 1.54) is 0 Å². The third-order valence-electron chi connectivity index (χ3n) is 2.54. The van der Waals surface area contributed by atoms with E-state index >= 15 is 0 Å². The van der Waals surface area contributed by atoms with E-state index in [1.54, 1.807) is 0 Å². The van der Waals surface area contributed by atoms with Gasteiger partial charge in [0, 0.05) is 0 Å². The number of hydrogen-bond donors (Lipinski definition) is 1. The van der Waals surface area contributed by atoms with Crippen molar-refractivity contribution in [1.82, 2.24) is 9.97 Å². The van der Waals surface area contributed by atoms with E-state index < -0.39 is 0 Å². The second-order valence-electron chi connectivity index (χ2n) is 4.84. The Morgan fingerprint density at radius 2 is 2.00 bits per heavy atom. The highest BCUT2D eigenvalue weighted by atomic mass is 35.5. The van der Waals surface area contributed by atoms with Crippen LogP contribution in [-0.4, -0.2) is 9.97 Å². The molecule has 0 saturated heterocycles. The van der Waals surface area contributed by atoms with Gasteiger partial charge in [-0.1, -0.05) is 26.8 Å². The van der Waals surface area contributed by atoms with Crippen LogP contribution in [0.1, 0.15) is 26.3 Å². The Morgan fingerprint density at radius 3 is 2.62 bits per heavy atom. The summed E-state index contributed by atoms with van der Waals surface area (Å²) in [7, 11) is 0. The fraction of sp³-hybridized carbons (Fsp3) is 0.333. The highest BCUT2D eigenvalue weighted by molar-refractivity contribution is 6.28. The fourth-order valence-corrected chi connectivity index (χ4v) is 1.75. The van der Waals surface area contributed by atoms with Gasteiger partial charge >= 0.3 is 0 Å². The van der Waals surface area contributed by atoms with Gasteiger partial charge in [0.2, 0.25) is 5.28 Å². The van der Waals surface area contributed by atoms with E-state index in [-0.39, 0.29) is 16.3 Å². The standard InChI is InChI=1S/C12H13ClN2O/c1-12(2,3)7-4-5-9-8(6-7)10(16)15-11(13)14-9/h4-6H,1-3H3,(H,14,15,16). The van der Waals surface area contributed by atoms with Gasteiger partial charge in [0.25, 0.3) is 5.56 Å². The van der Waals surface area contributed by atoms with Crippen LogP contribution in [-0.2, 0) is 5.41 Å². The van der Waals surface area contributed by atoms with Crippen molar-refractivity contribution in [2.45, 2.75) is 26.2 Å². The first kappa shape index (κ1) is 11.1. The zero-order chi connectivity index (χ0) is 11.9. The van der Waals surface area contributed by atoms with Gasteiger partial charge in [-0.2, -0.15) is 0 Å². The molecule has 1 N–H and O–H groups in total. The van der Waals surface area contributed by atoms with Crippen LogP contribution < -0.4 is 5.56 Å². The van der Waals surface area contributed by atoms with E-state index in [0.717, 1.165) is 5.56 Å². The molecule has 0 fully saturated rings. The number of H-pyrrole nitrogens is 1. The Bertz CT molecular complexity index is 596. The van der Waals surface area contributed by atoms with Gasteiger partial charge in [-0.15, -0.1) is 0 Å². The third kappa shape index (κ3) is 1.95. The monoisotopic (exact) mass is 236 g/mol. The van der Waals surface area contributed by atoms with E-state index in [9.17, 15) is 4.79 Å². The van der Waals surface area contributed by atoms with E-state index in [1.807, 2.05) is 18.2 Å². The van der Waals surface area contributed by atoms with Crippen molar-refractivity contribution in [2.24, 2.45) is 0 Å².